The van der Waals surface area contributed by atoms with Crippen LogP contribution in [0.3, 0.4) is 0 Å². The van der Waals surface area contributed by atoms with Crippen molar-refractivity contribution in [3.8, 4) is 22.6 Å². The number of pyridine rings is 1. The molecule has 7 heteroatoms. The van der Waals surface area contributed by atoms with Gasteiger partial charge in [-0.25, -0.2) is 4.98 Å². The van der Waals surface area contributed by atoms with E-state index in [1.165, 1.54) is 12.8 Å². The number of imidazole rings is 1. The molecule has 0 bridgehead atoms. The molecule has 1 aliphatic rings. The van der Waals surface area contributed by atoms with E-state index in [2.05, 4.69) is 29.3 Å². The first kappa shape index (κ1) is 17.1. The number of benzene rings is 1. The number of rotatable bonds is 6. The van der Waals surface area contributed by atoms with Crippen LogP contribution < -0.4 is 0 Å². The van der Waals surface area contributed by atoms with E-state index in [4.69, 9.17) is 11.6 Å². The summed E-state index contributed by atoms with van der Waals surface area (Å²) in [4.78, 5) is 8.62. The Bertz CT molecular complexity index is 1100. The molecule has 5 rings (SSSR count). The van der Waals surface area contributed by atoms with Gasteiger partial charge in [0.2, 0.25) is 0 Å². The van der Waals surface area contributed by atoms with Crippen LogP contribution in [0.5, 0.6) is 0 Å². The maximum absolute atomic E-state index is 6.09. The van der Waals surface area contributed by atoms with E-state index in [9.17, 15) is 0 Å². The van der Waals surface area contributed by atoms with Crippen molar-refractivity contribution >= 4 is 11.6 Å². The van der Waals surface area contributed by atoms with E-state index < -0.39 is 0 Å². The van der Waals surface area contributed by atoms with Crippen LogP contribution in [0.15, 0.2) is 61.3 Å². The van der Waals surface area contributed by atoms with Crippen LogP contribution in [0.4, 0.5) is 0 Å². The maximum Gasteiger partial charge on any atom is 0.164 e. The zero-order valence-electron chi connectivity index (χ0n) is 15.2. The van der Waals surface area contributed by atoms with Gasteiger partial charge in [-0.3, -0.25) is 4.98 Å². The van der Waals surface area contributed by atoms with Crippen LogP contribution in [0.2, 0.25) is 5.02 Å². The smallest absolute Gasteiger partial charge is 0.164 e. The maximum atomic E-state index is 6.09. The van der Waals surface area contributed by atoms with Crippen molar-refractivity contribution in [1.29, 1.82) is 0 Å². The van der Waals surface area contributed by atoms with E-state index in [1.807, 2.05) is 48.9 Å². The zero-order valence-corrected chi connectivity index (χ0v) is 16.0. The Hall–Kier alpha value is -2.99. The van der Waals surface area contributed by atoms with Crippen LogP contribution in [-0.2, 0) is 13.0 Å². The van der Waals surface area contributed by atoms with Gasteiger partial charge in [-0.2, -0.15) is 0 Å². The first-order valence-electron chi connectivity index (χ1n) is 9.40. The summed E-state index contributed by atoms with van der Waals surface area (Å²) in [5.74, 6) is 1.96. The highest BCUT2D eigenvalue weighted by molar-refractivity contribution is 6.30. The van der Waals surface area contributed by atoms with Crippen molar-refractivity contribution in [1.82, 2.24) is 29.3 Å². The van der Waals surface area contributed by atoms with Crippen molar-refractivity contribution in [2.24, 2.45) is 0 Å². The molecule has 1 saturated carbocycles. The predicted molar refractivity (Wildman–Crippen MR) is 108 cm³/mol. The van der Waals surface area contributed by atoms with Gasteiger partial charge in [-0.15, -0.1) is 10.2 Å². The number of nitrogens with zero attached hydrogens (tertiary/aromatic N) is 6. The van der Waals surface area contributed by atoms with Gasteiger partial charge in [-0.1, -0.05) is 23.7 Å². The Labute approximate surface area is 167 Å². The lowest BCUT2D eigenvalue weighted by Gasteiger charge is -2.09. The van der Waals surface area contributed by atoms with Crippen LogP contribution >= 0.6 is 11.6 Å². The van der Waals surface area contributed by atoms with Crippen LogP contribution in [0.25, 0.3) is 22.6 Å². The molecule has 0 aliphatic heterocycles. The zero-order chi connectivity index (χ0) is 18.9. The Morgan fingerprint density at radius 3 is 2.68 bits per heavy atom. The lowest BCUT2D eigenvalue weighted by Crippen LogP contribution is -2.07. The van der Waals surface area contributed by atoms with E-state index in [1.54, 1.807) is 12.4 Å². The van der Waals surface area contributed by atoms with Gasteiger partial charge in [0, 0.05) is 53.7 Å². The van der Waals surface area contributed by atoms with Gasteiger partial charge >= 0.3 is 0 Å². The third kappa shape index (κ3) is 3.43. The highest BCUT2D eigenvalue weighted by Crippen LogP contribution is 2.39. The molecule has 3 heterocycles. The van der Waals surface area contributed by atoms with Gasteiger partial charge in [0.15, 0.2) is 5.82 Å². The molecule has 0 amide bonds. The fraction of sp³-hybridized carbons (Fsp3) is 0.238. The van der Waals surface area contributed by atoms with Crippen molar-refractivity contribution in [3.05, 3.63) is 72.2 Å². The first-order chi connectivity index (χ1) is 13.8. The van der Waals surface area contributed by atoms with Crippen molar-refractivity contribution in [2.75, 3.05) is 0 Å². The Morgan fingerprint density at radius 2 is 1.89 bits per heavy atom. The fourth-order valence-electron chi connectivity index (χ4n) is 3.42. The molecule has 1 aromatic carbocycles. The molecule has 1 aliphatic carbocycles. The summed E-state index contributed by atoms with van der Waals surface area (Å²) >= 11 is 6.09. The minimum Gasteiger partial charge on any atom is -0.336 e. The van der Waals surface area contributed by atoms with Crippen LogP contribution in [0, 0.1) is 0 Å². The normalized spacial score (nSPS) is 13.8. The topological polar surface area (TPSA) is 61.4 Å². The fourth-order valence-corrected chi connectivity index (χ4v) is 3.61. The van der Waals surface area contributed by atoms with E-state index in [0.717, 1.165) is 41.4 Å². The molecule has 0 unspecified atom stereocenters. The van der Waals surface area contributed by atoms with Gasteiger partial charge in [0.25, 0.3) is 0 Å². The average Bonchev–Trinajstić information content (AvgIpc) is 3.29. The lowest BCUT2D eigenvalue weighted by atomic mass is 10.2. The quantitative estimate of drug-likeness (QED) is 0.488. The molecule has 140 valence electrons. The second-order valence-electron chi connectivity index (χ2n) is 7.03. The monoisotopic (exact) mass is 390 g/mol. The minimum absolute atomic E-state index is 0.512. The summed E-state index contributed by atoms with van der Waals surface area (Å²) in [6.45, 7) is 0.800. The molecule has 3 aromatic heterocycles. The van der Waals surface area contributed by atoms with E-state index in [0.29, 0.717) is 11.1 Å². The molecule has 1 fully saturated rings. The molecule has 0 atom stereocenters. The third-order valence-corrected chi connectivity index (χ3v) is 5.20. The summed E-state index contributed by atoms with van der Waals surface area (Å²) in [5.41, 5.74) is 3.00. The second-order valence-corrected chi connectivity index (χ2v) is 7.47. The van der Waals surface area contributed by atoms with Gasteiger partial charge in [0.05, 0.1) is 12.0 Å². The number of hydrogen-bond acceptors (Lipinski definition) is 4. The molecule has 4 aromatic rings. The first-order valence-corrected chi connectivity index (χ1v) is 9.77. The van der Waals surface area contributed by atoms with E-state index in [-0.39, 0.29) is 0 Å². The van der Waals surface area contributed by atoms with Gasteiger partial charge in [0.1, 0.15) is 5.82 Å². The van der Waals surface area contributed by atoms with Crippen LogP contribution in [-0.4, -0.2) is 29.3 Å². The van der Waals surface area contributed by atoms with Crippen LogP contribution in [0.1, 0.15) is 24.7 Å². The van der Waals surface area contributed by atoms with Crippen molar-refractivity contribution in [3.63, 3.8) is 0 Å². The molecular weight excluding hydrogens is 372 g/mol. The summed E-state index contributed by atoms with van der Waals surface area (Å²) in [6.07, 6.45) is 10.7. The Morgan fingerprint density at radius 1 is 1.04 bits per heavy atom. The third-order valence-electron chi connectivity index (χ3n) is 4.96. The number of halogens is 1. The van der Waals surface area contributed by atoms with Crippen molar-refractivity contribution < 1.29 is 0 Å². The van der Waals surface area contributed by atoms with Gasteiger partial charge in [-0.05, 0) is 37.1 Å². The molecule has 0 saturated heterocycles. The summed E-state index contributed by atoms with van der Waals surface area (Å²) in [7, 11) is 0. The molecule has 0 spiro atoms. The standard InChI is InChI=1S/C21H19ClN6/c22-17-3-1-2-16(12-17)19-13-27(14-24-19)11-8-20-25-26-21(28(20)18-4-5-18)15-6-9-23-10-7-15/h1-3,6-7,9-10,12-14,18H,4-5,8,11H2. The Balaban J connectivity index is 1.36. The molecule has 6 nitrogen and oxygen atoms in total. The lowest BCUT2D eigenvalue weighted by molar-refractivity contribution is 0.619. The number of hydrogen-bond donors (Lipinski definition) is 0. The van der Waals surface area contributed by atoms with Gasteiger partial charge < -0.3 is 9.13 Å². The largest absolute Gasteiger partial charge is 0.336 e. The summed E-state index contributed by atoms with van der Waals surface area (Å²) in [6, 6.07) is 12.2. The second kappa shape index (κ2) is 7.20. The molecule has 28 heavy (non-hydrogen) atoms. The molecule has 0 N–H and O–H groups in total. The van der Waals surface area contributed by atoms with Crippen molar-refractivity contribution in [2.45, 2.75) is 31.8 Å². The van der Waals surface area contributed by atoms with E-state index >= 15 is 0 Å². The molecule has 0 radical (unpaired) electrons. The minimum atomic E-state index is 0.512. The summed E-state index contributed by atoms with van der Waals surface area (Å²) in [5, 5.41) is 9.67. The highest BCUT2D eigenvalue weighted by atomic mass is 35.5. The molecular formula is C21H19ClN6. The predicted octanol–water partition coefficient (Wildman–Crippen LogP) is 4.43. The SMILES string of the molecule is Clc1cccc(-c2cn(CCc3nnc(-c4ccncc4)n3C3CC3)cn2)c1. The number of aryl methyl sites for hydroxylation is 2. The Kier molecular flexibility index (Phi) is 4.41. The highest BCUT2D eigenvalue weighted by Gasteiger charge is 2.29. The number of aromatic nitrogens is 6. The summed E-state index contributed by atoms with van der Waals surface area (Å²) < 4.78 is 4.39. The average molecular weight is 391 g/mol.